The molecule has 21 heavy (non-hydrogen) atoms. The molecule has 1 saturated heterocycles. The molecule has 0 unspecified atom stereocenters. The Morgan fingerprint density at radius 2 is 1.71 bits per heavy atom. The first-order valence-electron chi connectivity index (χ1n) is 7.05. The summed E-state index contributed by atoms with van der Waals surface area (Å²) < 4.78 is 12.9. The minimum atomic E-state index is -0.190. The summed E-state index contributed by atoms with van der Waals surface area (Å²) >= 11 is 5.91. The molecule has 1 aliphatic heterocycles. The summed E-state index contributed by atoms with van der Waals surface area (Å²) in [6.45, 7) is 4.62. The van der Waals surface area contributed by atoms with Crippen molar-refractivity contribution in [3.8, 4) is 0 Å². The average Bonchev–Trinajstić information content (AvgIpc) is 2.49. The van der Waals surface area contributed by atoms with Gasteiger partial charge in [-0.3, -0.25) is 4.90 Å². The standard InChI is InChI=1S/C16H17ClFN3/c17-16-3-1-2-14(19-16)12-20-8-10-21(11-9-20)15-6-4-13(18)5-7-15/h1-7H,8-12H2. The van der Waals surface area contributed by atoms with Crippen LogP contribution in [0.25, 0.3) is 0 Å². The molecule has 0 aliphatic carbocycles. The second-order valence-corrected chi connectivity index (χ2v) is 5.58. The van der Waals surface area contributed by atoms with Gasteiger partial charge in [-0.25, -0.2) is 9.37 Å². The van der Waals surface area contributed by atoms with Crippen molar-refractivity contribution in [2.75, 3.05) is 31.1 Å². The molecule has 3 rings (SSSR count). The lowest BCUT2D eigenvalue weighted by atomic mass is 10.2. The van der Waals surface area contributed by atoms with Crippen molar-refractivity contribution in [3.63, 3.8) is 0 Å². The van der Waals surface area contributed by atoms with Gasteiger partial charge in [0.25, 0.3) is 0 Å². The van der Waals surface area contributed by atoms with E-state index < -0.39 is 0 Å². The van der Waals surface area contributed by atoms with Gasteiger partial charge in [-0.05, 0) is 36.4 Å². The number of nitrogens with zero attached hydrogens (tertiary/aromatic N) is 3. The van der Waals surface area contributed by atoms with Crippen molar-refractivity contribution < 1.29 is 4.39 Å². The Morgan fingerprint density at radius 3 is 2.38 bits per heavy atom. The molecule has 2 aromatic rings. The molecule has 0 bridgehead atoms. The molecule has 0 N–H and O–H groups in total. The molecule has 2 heterocycles. The molecule has 0 saturated carbocycles. The molecular weight excluding hydrogens is 289 g/mol. The maximum Gasteiger partial charge on any atom is 0.129 e. The maximum absolute atomic E-state index is 12.9. The number of pyridine rings is 1. The molecule has 1 aromatic heterocycles. The molecular formula is C16H17ClFN3. The van der Waals surface area contributed by atoms with Crippen molar-refractivity contribution in [1.29, 1.82) is 0 Å². The third-order valence-corrected chi connectivity index (χ3v) is 3.93. The van der Waals surface area contributed by atoms with Crippen LogP contribution in [-0.4, -0.2) is 36.1 Å². The van der Waals surface area contributed by atoms with Crippen molar-refractivity contribution >= 4 is 17.3 Å². The van der Waals surface area contributed by atoms with Gasteiger partial charge < -0.3 is 4.90 Å². The fraction of sp³-hybridized carbons (Fsp3) is 0.312. The van der Waals surface area contributed by atoms with Gasteiger partial charge in [0.2, 0.25) is 0 Å². The Labute approximate surface area is 129 Å². The van der Waals surface area contributed by atoms with E-state index in [1.165, 1.54) is 12.1 Å². The van der Waals surface area contributed by atoms with Crippen molar-refractivity contribution in [1.82, 2.24) is 9.88 Å². The van der Waals surface area contributed by atoms with Crippen LogP contribution in [0.3, 0.4) is 0 Å². The van der Waals surface area contributed by atoms with Crippen LogP contribution in [0, 0.1) is 5.82 Å². The third kappa shape index (κ3) is 3.71. The molecule has 1 aromatic carbocycles. The molecule has 110 valence electrons. The summed E-state index contributed by atoms with van der Waals surface area (Å²) in [5, 5.41) is 0.539. The Kier molecular flexibility index (Phi) is 4.36. The molecule has 0 radical (unpaired) electrons. The van der Waals surface area contributed by atoms with Crippen LogP contribution in [0.2, 0.25) is 5.15 Å². The summed E-state index contributed by atoms with van der Waals surface area (Å²) in [6, 6.07) is 12.4. The van der Waals surface area contributed by atoms with E-state index in [0.29, 0.717) is 5.15 Å². The van der Waals surface area contributed by atoms with E-state index >= 15 is 0 Å². The first kappa shape index (κ1) is 14.3. The van der Waals surface area contributed by atoms with Gasteiger partial charge in [0.15, 0.2) is 0 Å². The Hall–Kier alpha value is -1.65. The second kappa shape index (κ2) is 6.41. The molecule has 0 spiro atoms. The van der Waals surface area contributed by atoms with Gasteiger partial charge in [-0.1, -0.05) is 17.7 Å². The van der Waals surface area contributed by atoms with Crippen molar-refractivity contribution in [3.05, 3.63) is 59.1 Å². The molecule has 1 fully saturated rings. The number of aromatic nitrogens is 1. The van der Waals surface area contributed by atoms with Crippen molar-refractivity contribution in [2.45, 2.75) is 6.54 Å². The summed E-state index contributed by atoms with van der Waals surface area (Å²) in [4.78, 5) is 8.96. The number of hydrogen-bond acceptors (Lipinski definition) is 3. The maximum atomic E-state index is 12.9. The first-order chi connectivity index (χ1) is 10.2. The fourth-order valence-electron chi connectivity index (χ4n) is 2.58. The van der Waals surface area contributed by atoms with Gasteiger partial charge >= 0.3 is 0 Å². The van der Waals surface area contributed by atoms with Crippen molar-refractivity contribution in [2.24, 2.45) is 0 Å². The Balaban J connectivity index is 1.56. The highest BCUT2D eigenvalue weighted by Gasteiger charge is 2.17. The minimum absolute atomic E-state index is 0.190. The van der Waals surface area contributed by atoms with Gasteiger partial charge in [-0.2, -0.15) is 0 Å². The molecule has 0 amide bonds. The minimum Gasteiger partial charge on any atom is -0.369 e. The van der Waals surface area contributed by atoms with Crippen LogP contribution in [0.5, 0.6) is 0 Å². The highest BCUT2D eigenvalue weighted by molar-refractivity contribution is 6.29. The highest BCUT2D eigenvalue weighted by Crippen LogP contribution is 2.17. The number of rotatable bonds is 3. The summed E-state index contributed by atoms with van der Waals surface area (Å²) in [6.07, 6.45) is 0. The van der Waals surface area contributed by atoms with E-state index in [-0.39, 0.29) is 5.82 Å². The summed E-state index contributed by atoms with van der Waals surface area (Å²) in [5.41, 5.74) is 2.08. The lowest BCUT2D eigenvalue weighted by molar-refractivity contribution is 0.247. The van der Waals surface area contributed by atoms with Crippen LogP contribution in [0.1, 0.15) is 5.69 Å². The molecule has 0 atom stereocenters. The lowest BCUT2D eigenvalue weighted by Gasteiger charge is -2.36. The number of piperazine rings is 1. The van der Waals surface area contributed by atoms with E-state index in [9.17, 15) is 4.39 Å². The van der Waals surface area contributed by atoms with Crippen LogP contribution >= 0.6 is 11.6 Å². The number of anilines is 1. The number of hydrogen-bond donors (Lipinski definition) is 0. The second-order valence-electron chi connectivity index (χ2n) is 5.19. The van der Waals surface area contributed by atoms with Gasteiger partial charge in [0.05, 0.1) is 5.69 Å². The largest absolute Gasteiger partial charge is 0.369 e. The van der Waals surface area contributed by atoms with E-state index in [1.807, 2.05) is 24.3 Å². The van der Waals surface area contributed by atoms with Gasteiger partial charge in [0.1, 0.15) is 11.0 Å². The smallest absolute Gasteiger partial charge is 0.129 e. The number of benzene rings is 1. The third-order valence-electron chi connectivity index (χ3n) is 3.72. The van der Waals surface area contributed by atoms with E-state index in [4.69, 9.17) is 11.6 Å². The average molecular weight is 306 g/mol. The normalized spacial score (nSPS) is 16.2. The van der Waals surface area contributed by atoms with Crippen LogP contribution in [0.4, 0.5) is 10.1 Å². The van der Waals surface area contributed by atoms with Crippen LogP contribution in [0.15, 0.2) is 42.5 Å². The van der Waals surface area contributed by atoms with E-state index in [1.54, 1.807) is 6.07 Å². The number of halogens is 2. The van der Waals surface area contributed by atoms with E-state index in [0.717, 1.165) is 44.1 Å². The Bertz CT molecular complexity index is 595. The van der Waals surface area contributed by atoms with Crippen LogP contribution in [-0.2, 0) is 6.54 Å². The van der Waals surface area contributed by atoms with Gasteiger partial charge in [0, 0.05) is 38.4 Å². The van der Waals surface area contributed by atoms with E-state index in [2.05, 4.69) is 14.8 Å². The predicted molar refractivity (Wildman–Crippen MR) is 83.1 cm³/mol. The monoisotopic (exact) mass is 305 g/mol. The van der Waals surface area contributed by atoms with Gasteiger partial charge in [-0.15, -0.1) is 0 Å². The molecule has 1 aliphatic rings. The SMILES string of the molecule is Fc1ccc(N2CCN(Cc3cccc(Cl)n3)CC2)cc1. The summed E-state index contributed by atoms with van der Waals surface area (Å²) in [5.74, 6) is -0.190. The quantitative estimate of drug-likeness (QED) is 0.812. The fourth-order valence-corrected chi connectivity index (χ4v) is 2.76. The highest BCUT2D eigenvalue weighted by atomic mass is 35.5. The predicted octanol–water partition coefficient (Wildman–Crippen LogP) is 3.20. The molecule has 3 nitrogen and oxygen atoms in total. The summed E-state index contributed by atoms with van der Waals surface area (Å²) in [7, 11) is 0. The molecule has 5 heteroatoms. The zero-order valence-corrected chi connectivity index (χ0v) is 12.4. The zero-order valence-electron chi connectivity index (χ0n) is 11.7. The topological polar surface area (TPSA) is 19.4 Å². The lowest BCUT2D eigenvalue weighted by Crippen LogP contribution is -2.46. The Morgan fingerprint density at radius 1 is 1.00 bits per heavy atom. The first-order valence-corrected chi connectivity index (χ1v) is 7.43. The zero-order chi connectivity index (χ0) is 14.7. The van der Waals surface area contributed by atoms with Crippen LogP contribution < -0.4 is 4.90 Å².